The first kappa shape index (κ1) is 14.7. The monoisotopic (exact) mass is 303 g/mol. The molecule has 1 aliphatic heterocycles. The lowest BCUT2D eigenvalue weighted by Crippen LogP contribution is -2.22. The standard InChI is InChI=1S/C15H17N3O4/c19-15(20)11-4-3-5-12(8-11)18-13(9-16-17-18)10-22-14-6-1-2-7-21-14/h3-5,8-9,14H,1-2,6-7,10H2,(H,19,20). The highest BCUT2D eigenvalue weighted by Gasteiger charge is 2.16. The molecule has 1 saturated heterocycles. The second kappa shape index (κ2) is 6.67. The van der Waals surface area contributed by atoms with E-state index in [9.17, 15) is 4.79 Å². The normalized spacial score (nSPS) is 18.3. The van der Waals surface area contributed by atoms with Crippen molar-refractivity contribution in [1.29, 1.82) is 0 Å². The number of carboxylic acid groups (broad SMARTS) is 1. The van der Waals surface area contributed by atoms with Gasteiger partial charge >= 0.3 is 5.97 Å². The van der Waals surface area contributed by atoms with Crippen molar-refractivity contribution in [2.24, 2.45) is 0 Å². The largest absolute Gasteiger partial charge is 0.478 e. The van der Waals surface area contributed by atoms with Crippen LogP contribution in [0.3, 0.4) is 0 Å². The SMILES string of the molecule is O=C(O)c1cccc(-n2nncc2COC2CCCCO2)c1. The number of carbonyl (C=O) groups is 1. The van der Waals surface area contributed by atoms with Crippen LogP contribution < -0.4 is 0 Å². The number of nitrogens with zero attached hydrogens (tertiary/aromatic N) is 3. The topological polar surface area (TPSA) is 86.5 Å². The van der Waals surface area contributed by atoms with E-state index in [0.29, 0.717) is 12.3 Å². The van der Waals surface area contributed by atoms with Crippen LogP contribution in [0.15, 0.2) is 30.5 Å². The Balaban J connectivity index is 1.74. The zero-order valence-corrected chi connectivity index (χ0v) is 12.0. The van der Waals surface area contributed by atoms with E-state index >= 15 is 0 Å². The molecule has 1 unspecified atom stereocenters. The summed E-state index contributed by atoms with van der Waals surface area (Å²) in [6, 6.07) is 6.55. The molecule has 0 radical (unpaired) electrons. The van der Waals surface area contributed by atoms with Crippen molar-refractivity contribution >= 4 is 5.97 Å². The summed E-state index contributed by atoms with van der Waals surface area (Å²) in [5, 5.41) is 16.9. The molecule has 116 valence electrons. The van der Waals surface area contributed by atoms with Gasteiger partial charge in [0.1, 0.15) is 0 Å². The van der Waals surface area contributed by atoms with E-state index in [1.165, 1.54) is 6.07 Å². The molecule has 2 aromatic rings. The molecule has 0 saturated carbocycles. The van der Waals surface area contributed by atoms with Crippen LogP contribution in [0.25, 0.3) is 5.69 Å². The molecule has 1 aliphatic rings. The number of rotatable bonds is 5. The van der Waals surface area contributed by atoms with E-state index in [-0.39, 0.29) is 11.9 Å². The Labute approximate surface area is 127 Å². The van der Waals surface area contributed by atoms with Gasteiger partial charge in [-0.25, -0.2) is 9.48 Å². The van der Waals surface area contributed by atoms with Crippen LogP contribution in [0.5, 0.6) is 0 Å². The molecule has 1 N–H and O–H groups in total. The van der Waals surface area contributed by atoms with Gasteiger partial charge in [0.2, 0.25) is 0 Å². The minimum Gasteiger partial charge on any atom is -0.478 e. The summed E-state index contributed by atoms with van der Waals surface area (Å²) in [7, 11) is 0. The number of aromatic carboxylic acids is 1. The highest BCUT2D eigenvalue weighted by atomic mass is 16.7. The average molecular weight is 303 g/mol. The molecule has 3 rings (SSSR count). The molecule has 7 heteroatoms. The molecule has 1 aromatic heterocycles. The molecule has 1 fully saturated rings. The van der Waals surface area contributed by atoms with Gasteiger partial charge in [0.15, 0.2) is 6.29 Å². The summed E-state index contributed by atoms with van der Waals surface area (Å²) in [5.41, 5.74) is 1.59. The van der Waals surface area contributed by atoms with E-state index in [0.717, 1.165) is 31.6 Å². The molecule has 0 amide bonds. The lowest BCUT2D eigenvalue weighted by Gasteiger charge is -2.22. The smallest absolute Gasteiger partial charge is 0.335 e. The van der Waals surface area contributed by atoms with Crippen molar-refractivity contribution in [3.63, 3.8) is 0 Å². The van der Waals surface area contributed by atoms with Crippen LogP contribution in [0.1, 0.15) is 35.3 Å². The third-order valence-corrected chi connectivity index (χ3v) is 3.51. The second-order valence-electron chi connectivity index (χ2n) is 5.10. The summed E-state index contributed by atoms with van der Waals surface area (Å²) >= 11 is 0. The maximum Gasteiger partial charge on any atom is 0.335 e. The van der Waals surface area contributed by atoms with Crippen LogP contribution in [0, 0.1) is 0 Å². The fourth-order valence-corrected chi connectivity index (χ4v) is 2.36. The van der Waals surface area contributed by atoms with Crippen LogP contribution in [0.2, 0.25) is 0 Å². The first-order chi connectivity index (χ1) is 10.7. The minimum absolute atomic E-state index is 0.192. The van der Waals surface area contributed by atoms with Crippen LogP contribution in [-0.4, -0.2) is 39.0 Å². The molecule has 7 nitrogen and oxygen atoms in total. The quantitative estimate of drug-likeness (QED) is 0.909. The van der Waals surface area contributed by atoms with Crippen molar-refractivity contribution in [3.8, 4) is 5.69 Å². The lowest BCUT2D eigenvalue weighted by molar-refractivity contribution is -0.169. The third kappa shape index (κ3) is 3.32. The summed E-state index contributed by atoms with van der Waals surface area (Å²) in [6.45, 7) is 1.04. The molecule has 2 heterocycles. The summed E-state index contributed by atoms with van der Waals surface area (Å²) in [5.74, 6) is -0.977. The zero-order chi connectivity index (χ0) is 15.4. The van der Waals surface area contributed by atoms with E-state index in [1.54, 1.807) is 29.1 Å². The summed E-state index contributed by atoms with van der Waals surface area (Å²) in [6.07, 6.45) is 4.47. The van der Waals surface area contributed by atoms with Crippen LogP contribution in [-0.2, 0) is 16.1 Å². The Bertz CT molecular complexity index is 650. The van der Waals surface area contributed by atoms with Gasteiger partial charge in [-0.1, -0.05) is 11.3 Å². The summed E-state index contributed by atoms with van der Waals surface area (Å²) < 4.78 is 12.8. The molecule has 22 heavy (non-hydrogen) atoms. The van der Waals surface area contributed by atoms with Gasteiger partial charge < -0.3 is 14.6 Å². The number of hydrogen-bond donors (Lipinski definition) is 1. The second-order valence-corrected chi connectivity index (χ2v) is 5.10. The number of ether oxygens (including phenoxy) is 2. The van der Waals surface area contributed by atoms with Gasteiger partial charge in [-0.2, -0.15) is 0 Å². The van der Waals surface area contributed by atoms with Gasteiger partial charge in [0.25, 0.3) is 0 Å². The summed E-state index contributed by atoms with van der Waals surface area (Å²) in [4.78, 5) is 11.1. The number of benzene rings is 1. The van der Waals surface area contributed by atoms with E-state index in [4.69, 9.17) is 14.6 Å². The average Bonchev–Trinajstić information content (AvgIpc) is 3.02. The van der Waals surface area contributed by atoms with Gasteiger partial charge in [0, 0.05) is 6.61 Å². The molecular formula is C15H17N3O4. The predicted molar refractivity (Wildman–Crippen MR) is 76.7 cm³/mol. The van der Waals surface area contributed by atoms with Gasteiger partial charge in [-0.3, -0.25) is 0 Å². The van der Waals surface area contributed by atoms with Crippen molar-refractivity contribution in [1.82, 2.24) is 15.0 Å². The van der Waals surface area contributed by atoms with Gasteiger partial charge in [-0.05, 0) is 37.5 Å². The molecule has 1 atom stereocenters. The van der Waals surface area contributed by atoms with Crippen molar-refractivity contribution in [3.05, 3.63) is 41.7 Å². The van der Waals surface area contributed by atoms with E-state index in [2.05, 4.69) is 10.3 Å². The van der Waals surface area contributed by atoms with Crippen LogP contribution in [0.4, 0.5) is 0 Å². The maximum atomic E-state index is 11.1. The van der Waals surface area contributed by atoms with E-state index < -0.39 is 5.97 Å². The van der Waals surface area contributed by atoms with Crippen LogP contribution >= 0.6 is 0 Å². The Morgan fingerprint density at radius 3 is 3.14 bits per heavy atom. The minimum atomic E-state index is -0.977. The first-order valence-electron chi connectivity index (χ1n) is 7.20. The van der Waals surface area contributed by atoms with Gasteiger partial charge in [-0.15, -0.1) is 5.10 Å². The van der Waals surface area contributed by atoms with Gasteiger partial charge in [0.05, 0.1) is 29.7 Å². The number of carboxylic acids is 1. The predicted octanol–water partition coefficient (Wildman–Crippen LogP) is 2.01. The number of aromatic nitrogens is 3. The first-order valence-corrected chi connectivity index (χ1v) is 7.20. The molecule has 1 aromatic carbocycles. The number of hydrogen-bond acceptors (Lipinski definition) is 5. The lowest BCUT2D eigenvalue weighted by atomic mass is 10.2. The van der Waals surface area contributed by atoms with Crippen molar-refractivity contribution in [2.45, 2.75) is 32.2 Å². The maximum absolute atomic E-state index is 11.1. The Hall–Kier alpha value is -2.25. The molecule has 0 aliphatic carbocycles. The Kier molecular flexibility index (Phi) is 4.45. The third-order valence-electron chi connectivity index (χ3n) is 3.51. The molecule has 0 bridgehead atoms. The highest BCUT2D eigenvalue weighted by molar-refractivity contribution is 5.88. The highest BCUT2D eigenvalue weighted by Crippen LogP contribution is 2.17. The van der Waals surface area contributed by atoms with Crippen molar-refractivity contribution < 1.29 is 19.4 Å². The fourth-order valence-electron chi connectivity index (χ4n) is 2.36. The molecule has 0 spiro atoms. The molecular weight excluding hydrogens is 286 g/mol. The Morgan fingerprint density at radius 2 is 2.36 bits per heavy atom. The zero-order valence-electron chi connectivity index (χ0n) is 12.0. The van der Waals surface area contributed by atoms with E-state index in [1.807, 2.05) is 0 Å². The fraction of sp³-hybridized carbons (Fsp3) is 0.400. The Morgan fingerprint density at radius 1 is 1.45 bits per heavy atom. The van der Waals surface area contributed by atoms with Crippen molar-refractivity contribution in [2.75, 3.05) is 6.61 Å².